The summed E-state index contributed by atoms with van der Waals surface area (Å²) in [7, 11) is 0. The second-order valence-electron chi connectivity index (χ2n) is 1.60. The van der Waals surface area contributed by atoms with E-state index in [1.807, 2.05) is 0 Å². The van der Waals surface area contributed by atoms with Gasteiger partial charge in [0.2, 0.25) is 6.29 Å². The third-order valence-corrected chi connectivity index (χ3v) is 0.772. The van der Waals surface area contributed by atoms with Gasteiger partial charge in [-0.3, -0.25) is 4.79 Å². The minimum atomic E-state index is -0.897. The smallest absolute Gasteiger partial charge is 0.435 e. The fourth-order valence-corrected chi connectivity index (χ4v) is 0.393. The van der Waals surface area contributed by atoms with Gasteiger partial charge in [0.05, 0.1) is 6.61 Å². The lowest BCUT2D eigenvalue weighted by molar-refractivity contribution is -0.152. The summed E-state index contributed by atoms with van der Waals surface area (Å²) in [5.74, 6) is 0. The highest BCUT2D eigenvalue weighted by Gasteiger charge is 2.08. The SMILES string of the molecule is CCOC(=O)OC(C)OC=O. The molecule has 5 nitrogen and oxygen atoms in total. The summed E-state index contributed by atoms with van der Waals surface area (Å²) in [4.78, 5) is 20.2. The normalized spacial score (nSPS) is 11.5. The van der Waals surface area contributed by atoms with Crippen molar-refractivity contribution in [3.8, 4) is 0 Å². The predicted octanol–water partition coefficient (Wildman–Crippen LogP) is 0.678. The maximum absolute atomic E-state index is 10.5. The number of ether oxygens (including phenoxy) is 3. The van der Waals surface area contributed by atoms with E-state index in [-0.39, 0.29) is 13.1 Å². The van der Waals surface area contributed by atoms with Crippen LogP contribution in [-0.4, -0.2) is 25.5 Å². The van der Waals surface area contributed by atoms with Crippen molar-refractivity contribution in [1.29, 1.82) is 0 Å². The molecular weight excluding hydrogens is 152 g/mol. The Bertz CT molecular complexity index is 133. The van der Waals surface area contributed by atoms with Crippen LogP contribution >= 0.6 is 0 Å². The molecule has 11 heavy (non-hydrogen) atoms. The molecule has 0 fully saturated rings. The van der Waals surface area contributed by atoms with Gasteiger partial charge in [-0.2, -0.15) is 0 Å². The molecule has 1 unspecified atom stereocenters. The fraction of sp³-hybridized carbons (Fsp3) is 0.667. The predicted molar refractivity (Wildman–Crippen MR) is 34.7 cm³/mol. The number of carbonyl (C=O) groups excluding carboxylic acids is 2. The van der Waals surface area contributed by atoms with E-state index in [4.69, 9.17) is 0 Å². The molecule has 0 aliphatic heterocycles. The number of hydrogen-bond donors (Lipinski definition) is 0. The molecular formula is C6H10O5. The molecule has 5 heteroatoms. The van der Waals surface area contributed by atoms with Gasteiger partial charge in [0.1, 0.15) is 0 Å². The highest BCUT2D eigenvalue weighted by Crippen LogP contribution is 1.93. The van der Waals surface area contributed by atoms with E-state index in [2.05, 4.69) is 14.2 Å². The molecule has 0 radical (unpaired) electrons. The molecule has 64 valence electrons. The van der Waals surface area contributed by atoms with Gasteiger partial charge in [-0.15, -0.1) is 0 Å². The Morgan fingerprint density at radius 1 is 1.64 bits per heavy atom. The molecule has 0 saturated carbocycles. The standard InChI is InChI=1S/C6H10O5/c1-3-9-6(8)11-5(2)10-4-7/h4-5H,3H2,1-2H3. The molecule has 0 amide bonds. The Balaban J connectivity index is 3.48. The largest absolute Gasteiger partial charge is 0.511 e. The van der Waals surface area contributed by atoms with Crippen LogP contribution in [0.4, 0.5) is 4.79 Å². The zero-order chi connectivity index (χ0) is 8.69. The van der Waals surface area contributed by atoms with Gasteiger partial charge in [0, 0.05) is 6.92 Å². The van der Waals surface area contributed by atoms with Crippen LogP contribution in [0.5, 0.6) is 0 Å². The molecule has 0 N–H and O–H groups in total. The topological polar surface area (TPSA) is 61.8 Å². The van der Waals surface area contributed by atoms with Gasteiger partial charge in [0.15, 0.2) is 0 Å². The average molecular weight is 162 g/mol. The first-order chi connectivity index (χ1) is 5.20. The van der Waals surface area contributed by atoms with Crippen LogP contribution in [-0.2, 0) is 19.0 Å². The Hall–Kier alpha value is -1.26. The van der Waals surface area contributed by atoms with E-state index in [0.717, 1.165) is 0 Å². The second kappa shape index (κ2) is 5.52. The molecule has 0 saturated heterocycles. The molecule has 0 heterocycles. The first-order valence-electron chi connectivity index (χ1n) is 3.13. The van der Waals surface area contributed by atoms with Crippen molar-refractivity contribution in [3.05, 3.63) is 0 Å². The van der Waals surface area contributed by atoms with Crippen LogP contribution in [0.15, 0.2) is 0 Å². The maximum atomic E-state index is 10.5. The van der Waals surface area contributed by atoms with Crippen LogP contribution in [0.3, 0.4) is 0 Å². The van der Waals surface area contributed by atoms with E-state index in [0.29, 0.717) is 0 Å². The second-order valence-corrected chi connectivity index (χ2v) is 1.60. The van der Waals surface area contributed by atoms with Crippen molar-refractivity contribution in [3.63, 3.8) is 0 Å². The first kappa shape index (κ1) is 9.74. The lowest BCUT2D eigenvalue weighted by atomic mass is 10.7. The molecule has 0 aliphatic rings. The lowest BCUT2D eigenvalue weighted by Gasteiger charge is -2.09. The Labute approximate surface area is 64.2 Å². The molecule has 1 atom stereocenters. The van der Waals surface area contributed by atoms with Gasteiger partial charge in [-0.05, 0) is 6.92 Å². The number of hydrogen-bond acceptors (Lipinski definition) is 5. The summed E-state index contributed by atoms with van der Waals surface area (Å²) in [5.41, 5.74) is 0. The monoisotopic (exact) mass is 162 g/mol. The van der Waals surface area contributed by atoms with Gasteiger partial charge >= 0.3 is 6.16 Å². The van der Waals surface area contributed by atoms with Crippen molar-refractivity contribution in [2.75, 3.05) is 6.61 Å². The van der Waals surface area contributed by atoms with Gasteiger partial charge in [-0.1, -0.05) is 0 Å². The Morgan fingerprint density at radius 3 is 2.73 bits per heavy atom. The highest BCUT2D eigenvalue weighted by atomic mass is 16.8. The van der Waals surface area contributed by atoms with Crippen LogP contribution < -0.4 is 0 Å². The zero-order valence-corrected chi connectivity index (χ0v) is 6.40. The molecule has 0 aliphatic carbocycles. The molecule has 0 aromatic carbocycles. The van der Waals surface area contributed by atoms with E-state index in [1.165, 1.54) is 6.92 Å². The van der Waals surface area contributed by atoms with Crippen molar-refractivity contribution >= 4 is 12.6 Å². The number of rotatable bonds is 4. The van der Waals surface area contributed by atoms with Crippen molar-refractivity contribution in [1.82, 2.24) is 0 Å². The summed E-state index contributed by atoms with van der Waals surface area (Å²) in [6.07, 6.45) is -1.74. The maximum Gasteiger partial charge on any atom is 0.511 e. The van der Waals surface area contributed by atoms with Gasteiger partial charge < -0.3 is 14.2 Å². The minimum Gasteiger partial charge on any atom is -0.435 e. The first-order valence-corrected chi connectivity index (χ1v) is 3.13. The minimum absolute atomic E-state index is 0.198. The van der Waals surface area contributed by atoms with Crippen LogP contribution in [0.2, 0.25) is 0 Å². The molecule has 0 aromatic heterocycles. The van der Waals surface area contributed by atoms with Crippen molar-refractivity contribution in [2.45, 2.75) is 20.1 Å². The summed E-state index contributed by atoms with van der Waals surface area (Å²) >= 11 is 0. The molecule has 0 rings (SSSR count). The van der Waals surface area contributed by atoms with Gasteiger partial charge in [0.25, 0.3) is 6.47 Å². The van der Waals surface area contributed by atoms with Crippen LogP contribution in [0.1, 0.15) is 13.8 Å². The lowest BCUT2D eigenvalue weighted by Crippen LogP contribution is -2.18. The third kappa shape index (κ3) is 5.20. The van der Waals surface area contributed by atoms with Crippen molar-refractivity contribution in [2.24, 2.45) is 0 Å². The quantitative estimate of drug-likeness (QED) is 0.345. The summed E-state index contributed by atoms with van der Waals surface area (Å²) < 4.78 is 13.1. The average Bonchev–Trinajstić information content (AvgIpc) is 1.87. The fourth-order valence-electron chi connectivity index (χ4n) is 0.393. The summed E-state index contributed by atoms with van der Waals surface area (Å²) in [6, 6.07) is 0. The highest BCUT2D eigenvalue weighted by molar-refractivity contribution is 5.60. The van der Waals surface area contributed by atoms with Crippen LogP contribution in [0.25, 0.3) is 0 Å². The third-order valence-electron chi connectivity index (χ3n) is 0.772. The van der Waals surface area contributed by atoms with E-state index in [1.54, 1.807) is 6.92 Å². The summed E-state index contributed by atoms with van der Waals surface area (Å²) in [5, 5.41) is 0. The van der Waals surface area contributed by atoms with Crippen LogP contribution in [0, 0.1) is 0 Å². The Morgan fingerprint density at radius 2 is 2.27 bits per heavy atom. The molecule has 0 aromatic rings. The molecule has 0 spiro atoms. The number of carbonyl (C=O) groups is 2. The Kier molecular flexibility index (Phi) is 4.89. The van der Waals surface area contributed by atoms with E-state index < -0.39 is 12.4 Å². The molecule has 0 bridgehead atoms. The van der Waals surface area contributed by atoms with E-state index in [9.17, 15) is 9.59 Å². The van der Waals surface area contributed by atoms with Gasteiger partial charge in [-0.25, -0.2) is 4.79 Å². The zero-order valence-electron chi connectivity index (χ0n) is 6.40. The summed E-state index contributed by atoms with van der Waals surface area (Å²) in [6.45, 7) is 3.48. The van der Waals surface area contributed by atoms with E-state index >= 15 is 0 Å². The van der Waals surface area contributed by atoms with Crippen molar-refractivity contribution < 1.29 is 23.8 Å².